The average Bonchev–Trinajstić information content (AvgIpc) is 3.31. The van der Waals surface area contributed by atoms with E-state index in [2.05, 4.69) is 27.2 Å². The molecule has 0 aliphatic heterocycles. The van der Waals surface area contributed by atoms with E-state index in [1.54, 1.807) is 6.20 Å². The van der Waals surface area contributed by atoms with Crippen LogP contribution in [0.25, 0.3) is 22.2 Å². The molecule has 0 aromatic carbocycles. The molecule has 1 aliphatic rings. The molecule has 126 valence electrons. The fourth-order valence-electron chi connectivity index (χ4n) is 3.86. The van der Waals surface area contributed by atoms with Gasteiger partial charge in [-0.1, -0.05) is 6.92 Å². The molecular formula is C17H21N5O2. The van der Waals surface area contributed by atoms with Crippen molar-refractivity contribution in [3.63, 3.8) is 0 Å². The number of hydrogen-bond acceptors (Lipinski definition) is 5. The lowest BCUT2D eigenvalue weighted by Gasteiger charge is -2.26. The van der Waals surface area contributed by atoms with Crippen LogP contribution in [-0.4, -0.2) is 47.4 Å². The minimum Gasteiger partial charge on any atom is -0.390 e. The van der Waals surface area contributed by atoms with Gasteiger partial charge in [-0.05, 0) is 25.3 Å². The Morgan fingerprint density at radius 2 is 2.21 bits per heavy atom. The Morgan fingerprint density at radius 1 is 1.33 bits per heavy atom. The number of aliphatic hydroxyl groups is 2. The summed E-state index contributed by atoms with van der Waals surface area (Å²) >= 11 is 0. The van der Waals surface area contributed by atoms with Crippen molar-refractivity contribution in [3.05, 3.63) is 30.9 Å². The average molecular weight is 327 g/mol. The zero-order valence-electron chi connectivity index (χ0n) is 13.5. The van der Waals surface area contributed by atoms with Gasteiger partial charge in [0, 0.05) is 34.8 Å². The van der Waals surface area contributed by atoms with Crippen LogP contribution in [0, 0.1) is 5.92 Å². The predicted octanol–water partition coefficient (Wildman–Crippen LogP) is 1.90. The topological polar surface area (TPSA) is 99.9 Å². The van der Waals surface area contributed by atoms with E-state index in [4.69, 9.17) is 0 Å². The van der Waals surface area contributed by atoms with Gasteiger partial charge in [0.25, 0.3) is 0 Å². The minimum atomic E-state index is -0.679. The van der Waals surface area contributed by atoms with Crippen LogP contribution in [-0.2, 0) is 0 Å². The summed E-state index contributed by atoms with van der Waals surface area (Å²) in [5.41, 5.74) is 2.71. The quantitative estimate of drug-likeness (QED) is 0.679. The Hall–Kier alpha value is -2.25. The summed E-state index contributed by atoms with van der Waals surface area (Å²) in [6, 6.07) is 2.05. The number of H-pyrrole nitrogens is 1. The van der Waals surface area contributed by atoms with Gasteiger partial charge in [0.15, 0.2) is 5.65 Å². The molecule has 7 heteroatoms. The molecule has 0 spiro atoms. The molecule has 0 bridgehead atoms. The van der Waals surface area contributed by atoms with Gasteiger partial charge in [-0.3, -0.25) is 4.68 Å². The van der Waals surface area contributed by atoms with E-state index in [1.807, 2.05) is 29.3 Å². The Bertz CT molecular complexity index is 842. The lowest BCUT2D eigenvalue weighted by Crippen LogP contribution is -2.31. The normalized spacial score (nSPS) is 25.4. The van der Waals surface area contributed by atoms with Crippen LogP contribution in [0.2, 0.25) is 0 Å². The van der Waals surface area contributed by atoms with Crippen molar-refractivity contribution in [2.75, 3.05) is 0 Å². The number of aliphatic hydroxyl groups excluding tert-OH is 2. The first-order valence-corrected chi connectivity index (χ1v) is 8.38. The lowest BCUT2D eigenvalue weighted by atomic mass is 9.94. The van der Waals surface area contributed by atoms with E-state index in [1.165, 1.54) is 0 Å². The molecule has 1 saturated carbocycles. The highest BCUT2D eigenvalue weighted by Crippen LogP contribution is 2.37. The zero-order valence-corrected chi connectivity index (χ0v) is 13.5. The van der Waals surface area contributed by atoms with E-state index < -0.39 is 12.2 Å². The van der Waals surface area contributed by atoms with Gasteiger partial charge in [0.2, 0.25) is 0 Å². The lowest BCUT2D eigenvalue weighted by molar-refractivity contribution is 0.00585. The maximum Gasteiger partial charge on any atom is 0.160 e. The van der Waals surface area contributed by atoms with Gasteiger partial charge in [-0.25, -0.2) is 0 Å². The Balaban J connectivity index is 1.68. The van der Waals surface area contributed by atoms with Crippen LogP contribution in [0.3, 0.4) is 0 Å². The van der Waals surface area contributed by atoms with E-state index >= 15 is 0 Å². The molecule has 3 aromatic rings. The van der Waals surface area contributed by atoms with Crippen molar-refractivity contribution < 1.29 is 10.2 Å². The maximum absolute atomic E-state index is 10.2. The first-order chi connectivity index (χ1) is 11.7. The van der Waals surface area contributed by atoms with Crippen LogP contribution in [0.4, 0.5) is 0 Å². The van der Waals surface area contributed by atoms with Crippen LogP contribution >= 0.6 is 0 Å². The third kappa shape index (κ3) is 2.40. The summed E-state index contributed by atoms with van der Waals surface area (Å²) in [5, 5.41) is 33.7. The number of aromatic nitrogens is 5. The summed E-state index contributed by atoms with van der Waals surface area (Å²) in [6.45, 7) is 2.09. The zero-order chi connectivity index (χ0) is 16.7. The molecule has 3 aromatic heterocycles. The standard InChI is InChI=1S/C17H21N5O2/c1-2-14(12-3-4-15(23)16(12)24)22-9-10(7-20-22)13-8-19-21-17-11(13)5-6-18-17/h5-9,12,14-16,23-24H,2-4H2,1H3,(H,18,21). The number of fused-ring (bicyclic) bond motifs is 1. The van der Waals surface area contributed by atoms with Crippen LogP contribution in [0.1, 0.15) is 32.2 Å². The number of aromatic amines is 1. The van der Waals surface area contributed by atoms with Gasteiger partial charge in [-0.15, -0.1) is 5.10 Å². The van der Waals surface area contributed by atoms with Crippen LogP contribution in [0.15, 0.2) is 30.9 Å². The molecule has 24 heavy (non-hydrogen) atoms. The summed E-state index contributed by atoms with van der Waals surface area (Å²) in [7, 11) is 0. The van der Waals surface area contributed by atoms with Crippen molar-refractivity contribution in [3.8, 4) is 11.1 Å². The van der Waals surface area contributed by atoms with E-state index in [0.29, 0.717) is 6.42 Å². The fourth-order valence-corrected chi connectivity index (χ4v) is 3.86. The number of rotatable bonds is 4. The van der Waals surface area contributed by atoms with Crippen molar-refractivity contribution in [2.45, 2.75) is 44.4 Å². The fraction of sp³-hybridized carbons (Fsp3) is 0.471. The van der Waals surface area contributed by atoms with Crippen molar-refractivity contribution in [1.29, 1.82) is 0 Å². The first kappa shape index (κ1) is 15.3. The molecule has 0 amide bonds. The third-order valence-electron chi connectivity index (χ3n) is 5.15. The first-order valence-electron chi connectivity index (χ1n) is 8.38. The van der Waals surface area contributed by atoms with Gasteiger partial charge in [-0.2, -0.15) is 10.2 Å². The van der Waals surface area contributed by atoms with Crippen molar-refractivity contribution >= 4 is 11.0 Å². The predicted molar refractivity (Wildman–Crippen MR) is 89.2 cm³/mol. The Morgan fingerprint density at radius 3 is 2.96 bits per heavy atom. The minimum absolute atomic E-state index is 0.0283. The van der Waals surface area contributed by atoms with Gasteiger partial charge in [0.1, 0.15) is 0 Å². The molecule has 4 atom stereocenters. The molecule has 7 nitrogen and oxygen atoms in total. The summed E-state index contributed by atoms with van der Waals surface area (Å²) in [6.07, 6.45) is 8.42. The summed E-state index contributed by atoms with van der Waals surface area (Å²) in [4.78, 5) is 3.06. The molecule has 1 fully saturated rings. The highest BCUT2D eigenvalue weighted by atomic mass is 16.3. The highest BCUT2D eigenvalue weighted by molar-refractivity contribution is 5.91. The van der Waals surface area contributed by atoms with Crippen molar-refractivity contribution in [1.82, 2.24) is 25.0 Å². The molecule has 3 N–H and O–H groups in total. The number of hydrogen-bond donors (Lipinski definition) is 3. The molecule has 4 rings (SSSR count). The SMILES string of the molecule is CCC(C1CCC(O)C1O)n1cc(-c2cnnc3[nH]ccc23)cn1. The monoisotopic (exact) mass is 327 g/mol. The van der Waals surface area contributed by atoms with Crippen molar-refractivity contribution in [2.24, 2.45) is 5.92 Å². The van der Waals surface area contributed by atoms with Gasteiger partial charge in [0.05, 0.1) is 30.6 Å². The molecule has 0 radical (unpaired) electrons. The summed E-state index contributed by atoms with van der Waals surface area (Å²) < 4.78 is 1.92. The van der Waals surface area contributed by atoms with Crippen LogP contribution < -0.4 is 0 Å². The summed E-state index contributed by atoms with van der Waals surface area (Å²) in [5.74, 6) is 0.0283. The maximum atomic E-state index is 10.2. The van der Waals surface area contributed by atoms with Gasteiger partial charge >= 0.3 is 0 Å². The molecule has 4 unspecified atom stereocenters. The van der Waals surface area contributed by atoms with Gasteiger partial charge < -0.3 is 15.2 Å². The molecule has 3 heterocycles. The second-order valence-corrected chi connectivity index (χ2v) is 6.48. The van der Waals surface area contributed by atoms with E-state index in [-0.39, 0.29) is 12.0 Å². The largest absolute Gasteiger partial charge is 0.390 e. The smallest absolute Gasteiger partial charge is 0.160 e. The molecular weight excluding hydrogens is 306 g/mol. The third-order valence-corrected chi connectivity index (χ3v) is 5.15. The number of nitrogens with one attached hydrogen (secondary N) is 1. The van der Waals surface area contributed by atoms with Crippen LogP contribution in [0.5, 0.6) is 0 Å². The second kappa shape index (κ2) is 5.99. The van der Waals surface area contributed by atoms with E-state index in [9.17, 15) is 10.2 Å². The Labute approximate surface area is 139 Å². The Kier molecular flexibility index (Phi) is 3.82. The molecule has 0 saturated heterocycles. The highest BCUT2D eigenvalue weighted by Gasteiger charge is 2.38. The molecule has 1 aliphatic carbocycles. The second-order valence-electron chi connectivity index (χ2n) is 6.48. The number of nitrogens with zero attached hydrogens (tertiary/aromatic N) is 4. The van der Waals surface area contributed by atoms with E-state index in [0.717, 1.165) is 35.0 Å².